The van der Waals surface area contributed by atoms with E-state index < -0.39 is 0 Å². The molecule has 3 heteroatoms. The molecule has 2 aliphatic rings. The Kier molecular flexibility index (Phi) is 16.4. The second-order valence-corrected chi connectivity index (χ2v) is 3.34. The Morgan fingerprint density at radius 3 is 1.47 bits per heavy atom. The summed E-state index contributed by atoms with van der Waals surface area (Å²) in [5, 5.41) is 8.63. The number of hydrogen-bond donors (Lipinski definition) is 1. The van der Waals surface area contributed by atoms with E-state index in [9.17, 15) is 0 Å². The van der Waals surface area contributed by atoms with E-state index in [0.29, 0.717) is 5.75 Å². The van der Waals surface area contributed by atoms with Crippen LogP contribution in [0.25, 0.3) is 0 Å². The molecule has 19 heavy (non-hydrogen) atoms. The number of phenolic OH excluding ortho intramolecular Hbond substituents is 1. The monoisotopic (exact) mass is 349 g/mol. The molecule has 0 amide bonds. The van der Waals surface area contributed by atoms with Crippen LogP contribution in [0.5, 0.6) is 5.75 Å². The quantitative estimate of drug-likeness (QED) is 0.692. The SMILES string of the molecule is Oc1ccccc1.[C-]1=CC=CC1.[C-]1=CC=CC1.[Cl-].[Zr+3]. The van der Waals surface area contributed by atoms with Gasteiger partial charge >= 0.3 is 26.2 Å². The van der Waals surface area contributed by atoms with Crippen LogP contribution in [0.1, 0.15) is 12.8 Å². The zero-order chi connectivity index (χ0) is 12.2. The molecule has 1 nitrogen and oxygen atoms in total. The standard InChI is InChI=1S/C6H6O.2C5H5.ClH.Zr/c7-6-4-2-1-3-5-6;2*1-2-4-5-3-1;;/h1-5,7H;2*1-3H,4H2;1H;/q;2*-1;;+3/p-1. The van der Waals surface area contributed by atoms with Crippen molar-refractivity contribution in [3.05, 3.63) is 78.9 Å². The summed E-state index contributed by atoms with van der Waals surface area (Å²) in [5.41, 5.74) is 0. The summed E-state index contributed by atoms with van der Waals surface area (Å²) in [4.78, 5) is 0. The molecule has 3 rings (SSSR count). The number of rotatable bonds is 0. The number of para-hydroxylation sites is 1. The molecule has 0 heterocycles. The Balaban J connectivity index is 0. The van der Waals surface area contributed by atoms with E-state index in [-0.39, 0.29) is 38.6 Å². The summed E-state index contributed by atoms with van der Waals surface area (Å²) in [6.07, 6.45) is 20.0. The Morgan fingerprint density at radius 2 is 1.32 bits per heavy atom. The number of aromatic hydroxyl groups is 1. The maximum Gasteiger partial charge on any atom is 3.00 e. The predicted molar refractivity (Wildman–Crippen MR) is 71.2 cm³/mol. The molecule has 0 spiro atoms. The van der Waals surface area contributed by atoms with E-state index in [2.05, 4.69) is 24.3 Å². The van der Waals surface area contributed by atoms with Gasteiger partial charge in [0.25, 0.3) is 0 Å². The van der Waals surface area contributed by atoms with Crippen molar-refractivity contribution in [1.82, 2.24) is 0 Å². The van der Waals surface area contributed by atoms with Crippen molar-refractivity contribution in [2.45, 2.75) is 12.8 Å². The molecule has 1 N–H and O–H groups in total. The van der Waals surface area contributed by atoms with Gasteiger partial charge in [0.1, 0.15) is 5.75 Å². The fraction of sp³-hybridized carbons (Fsp3) is 0.125. The first-order valence-electron chi connectivity index (χ1n) is 5.57. The van der Waals surface area contributed by atoms with Gasteiger partial charge in [-0.1, -0.05) is 18.2 Å². The van der Waals surface area contributed by atoms with Gasteiger partial charge in [-0.2, -0.15) is 12.2 Å². The van der Waals surface area contributed by atoms with E-state index in [1.165, 1.54) is 0 Å². The maximum atomic E-state index is 8.63. The molecular weight excluding hydrogens is 335 g/mol. The van der Waals surface area contributed by atoms with Crippen molar-refractivity contribution in [1.29, 1.82) is 0 Å². The minimum Gasteiger partial charge on any atom is -1.00 e. The van der Waals surface area contributed by atoms with Gasteiger partial charge in [-0.25, -0.2) is 24.3 Å². The van der Waals surface area contributed by atoms with Crippen molar-refractivity contribution in [3.63, 3.8) is 0 Å². The largest absolute Gasteiger partial charge is 3.00 e. The van der Waals surface area contributed by atoms with Crippen LogP contribution < -0.4 is 12.4 Å². The van der Waals surface area contributed by atoms with Gasteiger partial charge in [0.2, 0.25) is 0 Å². The van der Waals surface area contributed by atoms with Crippen molar-refractivity contribution in [2.24, 2.45) is 0 Å². The van der Waals surface area contributed by atoms with Crippen LogP contribution in [-0.2, 0) is 26.2 Å². The normalized spacial score (nSPS) is 12.4. The average molecular weight is 351 g/mol. The van der Waals surface area contributed by atoms with Crippen LogP contribution in [0.15, 0.2) is 66.8 Å². The fourth-order valence-corrected chi connectivity index (χ4v) is 1.11. The van der Waals surface area contributed by atoms with Crippen molar-refractivity contribution < 1.29 is 43.7 Å². The summed E-state index contributed by atoms with van der Waals surface area (Å²) in [5.74, 6) is 0.322. The van der Waals surface area contributed by atoms with E-state index in [1.807, 2.05) is 30.4 Å². The molecular formula is C16H16ClOZr. The van der Waals surface area contributed by atoms with Crippen LogP contribution in [0, 0.1) is 12.2 Å². The Hall–Kier alpha value is -0.847. The molecule has 0 aromatic heterocycles. The molecule has 0 atom stereocenters. The van der Waals surface area contributed by atoms with Crippen molar-refractivity contribution in [2.75, 3.05) is 0 Å². The molecule has 0 fully saturated rings. The first-order valence-corrected chi connectivity index (χ1v) is 5.57. The van der Waals surface area contributed by atoms with Crippen LogP contribution in [0.4, 0.5) is 0 Å². The predicted octanol–water partition coefficient (Wildman–Crippen LogP) is 1.01. The molecule has 0 unspecified atom stereocenters. The van der Waals surface area contributed by atoms with Gasteiger partial charge in [-0.3, -0.25) is 12.2 Å². The summed E-state index contributed by atoms with van der Waals surface area (Å²) in [6, 6.07) is 8.71. The molecule has 1 radical (unpaired) electrons. The van der Waals surface area contributed by atoms with Gasteiger partial charge in [0.15, 0.2) is 0 Å². The summed E-state index contributed by atoms with van der Waals surface area (Å²) in [7, 11) is 0. The second kappa shape index (κ2) is 15.2. The van der Waals surface area contributed by atoms with Crippen LogP contribution in [0.3, 0.4) is 0 Å². The Labute approximate surface area is 141 Å². The minimum absolute atomic E-state index is 0. The third-order valence-electron chi connectivity index (χ3n) is 1.93. The van der Waals surface area contributed by atoms with Crippen molar-refractivity contribution >= 4 is 0 Å². The third-order valence-corrected chi connectivity index (χ3v) is 1.93. The topological polar surface area (TPSA) is 20.2 Å². The molecule has 0 saturated heterocycles. The first-order chi connectivity index (χ1) is 8.39. The van der Waals surface area contributed by atoms with Gasteiger partial charge in [0, 0.05) is 0 Å². The van der Waals surface area contributed by atoms with Gasteiger partial charge in [-0.05, 0) is 12.1 Å². The summed E-state index contributed by atoms with van der Waals surface area (Å²) in [6.45, 7) is 0. The number of phenols is 1. The zero-order valence-electron chi connectivity index (χ0n) is 10.6. The number of halogens is 1. The van der Waals surface area contributed by atoms with E-state index >= 15 is 0 Å². The number of allylic oxidation sites excluding steroid dienone is 8. The number of benzene rings is 1. The summed E-state index contributed by atoms with van der Waals surface area (Å²) >= 11 is 0. The van der Waals surface area contributed by atoms with Crippen LogP contribution >= 0.6 is 0 Å². The molecule has 1 aromatic rings. The van der Waals surface area contributed by atoms with Gasteiger partial charge < -0.3 is 17.5 Å². The van der Waals surface area contributed by atoms with Crippen LogP contribution in [0.2, 0.25) is 0 Å². The fourth-order valence-electron chi connectivity index (χ4n) is 1.11. The van der Waals surface area contributed by atoms with E-state index in [4.69, 9.17) is 5.11 Å². The molecule has 0 aliphatic heterocycles. The minimum atomic E-state index is 0. The molecule has 97 valence electrons. The zero-order valence-corrected chi connectivity index (χ0v) is 13.8. The smallest absolute Gasteiger partial charge is 1.00 e. The average Bonchev–Trinajstić information content (AvgIpc) is 3.09. The molecule has 2 aliphatic carbocycles. The maximum absolute atomic E-state index is 8.63. The molecule has 1 aromatic carbocycles. The first kappa shape index (κ1) is 20.5. The third kappa shape index (κ3) is 13.4. The molecule has 0 saturated carbocycles. The summed E-state index contributed by atoms with van der Waals surface area (Å²) < 4.78 is 0. The van der Waals surface area contributed by atoms with Crippen molar-refractivity contribution in [3.8, 4) is 5.75 Å². The second-order valence-electron chi connectivity index (χ2n) is 3.34. The number of hydrogen-bond acceptors (Lipinski definition) is 1. The van der Waals surface area contributed by atoms with Gasteiger partial charge in [-0.15, -0.1) is 12.8 Å². The van der Waals surface area contributed by atoms with Gasteiger partial charge in [0.05, 0.1) is 0 Å². The van der Waals surface area contributed by atoms with E-state index in [0.717, 1.165) is 12.8 Å². The Bertz CT molecular complexity index is 366. The van der Waals surface area contributed by atoms with E-state index in [1.54, 1.807) is 24.3 Å². The van der Waals surface area contributed by atoms with Crippen LogP contribution in [-0.4, -0.2) is 5.11 Å². The molecule has 0 bridgehead atoms. The Morgan fingerprint density at radius 1 is 0.842 bits per heavy atom.